The zero-order valence-electron chi connectivity index (χ0n) is 13.8. The minimum absolute atomic E-state index is 0.148. The summed E-state index contributed by atoms with van der Waals surface area (Å²) in [7, 11) is 0. The molecule has 3 rings (SSSR count). The molecule has 1 aromatic carbocycles. The molecule has 1 aliphatic rings. The predicted molar refractivity (Wildman–Crippen MR) is 87.2 cm³/mol. The van der Waals surface area contributed by atoms with Crippen LogP contribution in [0.4, 0.5) is 13.2 Å². The van der Waals surface area contributed by atoms with Gasteiger partial charge in [0.25, 0.3) is 5.91 Å². The largest absolute Gasteiger partial charge is 0.485 e. The molecule has 0 saturated carbocycles. The number of hydrogen-bond donors (Lipinski definition) is 1. The third-order valence-corrected chi connectivity index (χ3v) is 4.18. The molecule has 0 spiro atoms. The first-order valence-electron chi connectivity index (χ1n) is 8.15. The van der Waals surface area contributed by atoms with E-state index in [-0.39, 0.29) is 24.0 Å². The number of hydrogen-bond acceptors (Lipinski definition) is 3. The smallest absolute Gasteiger partial charge is 0.416 e. The number of carbonyl (C=O) groups is 2. The monoisotopic (exact) mass is 366 g/mol. The van der Waals surface area contributed by atoms with Crippen LogP contribution in [0, 0.1) is 0 Å². The molecule has 1 aromatic heterocycles. The van der Waals surface area contributed by atoms with Crippen molar-refractivity contribution in [3.63, 3.8) is 0 Å². The first-order valence-corrected chi connectivity index (χ1v) is 8.15. The highest BCUT2D eigenvalue weighted by atomic mass is 19.4. The van der Waals surface area contributed by atoms with Crippen LogP contribution in [0.15, 0.2) is 36.5 Å². The van der Waals surface area contributed by atoms with Crippen molar-refractivity contribution in [3.8, 4) is 5.75 Å². The standard InChI is InChI=1S/C18H17F3N2O3/c19-18(20,21)13-3-5-14(6-4-13)26-11-16(24)12-9-15(22-10-12)17(25)23-7-1-2-8-23/h3-6,9-10,22H,1-2,7-8,11H2. The fourth-order valence-corrected chi connectivity index (χ4v) is 2.74. The number of halogens is 3. The summed E-state index contributed by atoms with van der Waals surface area (Å²) in [5.74, 6) is -0.359. The van der Waals surface area contributed by atoms with Gasteiger partial charge in [-0.2, -0.15) is 13.2 Å². The van der Waals surface area contributed by atoms with Gasteiger partial charge < -0.3 is 14.6 Å². The molecule has 26 heavy (non-hydrogen) atoms. The number of likely N-dealkylation sites (tertiary alicyclic amines) is 1. The van der Waals surface area contributed by atoms with E-state index < -0.39 is 11.7 Å². The number of aromatic nitrogens is 1. The van der Waals surface area contributed by atoms with Crippen LogP contribution in [0.5, 0.6) is 5.75 Å². The highest BCUT2D eigenvalue weighted by Crippen LogP contribution is 2.30. The second-order valence-corrected chi connectivity index (χ2v) is 6.04. The number of ether oxygens (including phenoxy) is 1. The Bertz CT molecular complexity index is 791. The number of rotatable bonds is 5. The van der Waals surface area contributed by atoms with Crippen LogP contribution in [-0.2, 0) is 6.18 Å². The Labute approximate surface area is 147 Å². The average molecular weight is 366 g/mol. The molecule has 5 nitrogen and oxygen atoms in total. The van der Waals surface area contributed by atoms with Crippen LogP contribution < -0.4 is 4.74 Å². The van der Waals surface area contributed by atoms with Crippen molar-refractivity contribution in [2.24, 2.45) is 0 Å². The van der Waals surface area contributed by atoms with Gasteiger partial charge in [0.15, 0.2) is 6.61 Å². The molecular weight excluding hydrogens is 349 g/mol. The number of amides is 1. The Balaban J connectivity index is 1.57. The summed E-state index contributed by atoms with van der Waals surface area (Å²) in [5, 5.41) is 0. The Morgan fingerprint density at radius 1 is 1.12 bits per heavy atom. The summed E-state index contributed by atoms with van der Waals surface area (Å²) >= 11 is 0. The molecule has 0 aliphatic carbocycles. The van der Waals surface area contributed by atoms with E-state index in [0.717, 1.165) is 37.1 Å². The van der Waals surface area contributed by atoms with Gasteiger partial charge in [-0.3, -0.25) is 9.59 Å². The average Bonchev–Trinajstić information content (AvgIpc) is 3.30. The fraction of sp³-hybridized carbons (Fsp3) is 0.333. The normalized spacial score (nSPS) is 14.5. The van der Waals surface area contributed by atoms with Crippen molar-refractivity contribution in [3.05, 3.63) is 53.3 Å². The quantitative estimate of drug-likeness (QED) is 0.824. The maximum atomic E-state index is 12.5. The summed E-state index contributed by atoms with van der Waals surface area (Å²) in [4.78, 5) is 28.9. The number of carbonyl (C=O) groups excluding carboxylic acids is 2. The molecule has 138 valence electrons. The number of benzene rings is 1. The van der Waals surface area contributed by atoms with Crippen molar-refractivity contribution in [2.45, 2.75) is 19.0 Å². The van der Waals surface area contributed by atoms with E-state index in [1.807, 2.05) is 0 Å². The number of H-pyrrole nitrogens is 1. The van der Waals surface area contributed by atoms with Crippen LogP contribution in [0.2, 0.25) is 0 Å². The maximum Gasteiger partial charge on any atom is 0.416 e. The fourth-order valence-electron chi connectivity index (χ4n) is 2.74. The zero-order chi connectivity index (χ0) is 18.7. The third-order valence-electron chi connectivity index (χ3n) is 4.18. The SMILES string of the molecule is O=C(COc1ccc(C(F)(F)F)cc1)c1c[nH]c(C(=O)N2CCCC2)c1. The minimum atomic E-state index is -4.42. The second-order valence-electron chi connectivity index (χ2n) is 6.04. The van der Waals surface area contributed by atoms with Gasteiger partial charge in [0.2, 0.25) is 5.78 Å². The van der Waals surface area contributed by atoms with Gasteiger partial charge in [-0.05, 0) is 43.2 Å². The number of Topliss-reactive ketones (excluding diaryl/α,β-unsaturated/α-hetero) is 1. The van der Waals surface area contributed by atoms with Crippen LogP contribution in [-0.4, -0.2) is 41.3 Å². The van der Waals surface area contributed by atoms with Crippen LogP contribution in [0.3, 0.4) is 0 Å². The molecule has 0 atom stereocenters. The Hall–Kier alpha value is -2.77. The van der Waals surface area contributed by atoms with E-state index in [2.05, 4.69) is 4.98 Å². The summed E-state index contributed by atoms with van der Waals surface area (Å²) in [6, 6.07) is 5.58. The Kier molecular flexibility index (Phi) is 5.01. The third kappa shape index (κ3) is 4.07. The lowest BCUT2D eigenvalue weighted by Crippen LogP contribution is -2.27. The summed E-state index contributed by atoms with van der Waals surface area (Å²) in [6.07, 6.45) is -1.04. The number of nitrogens with one attached hydrogen (secondary N) is 1. The minimum Gasteiger partial charge on any atom is -0.485 e. The van der Waals surface area contributed by atoms with E-state index in [1.54, 1.807) is 4.90 Å². The molecule has 2 heterocycles. The van der Waals surface area contributed by atoms with E-state index in [4.69, 9.17) is 4.74 Å². The van der Waals surface area contributed by atoms with Crippen LogP contribution in [0.25, 0.3) is 0 Å². The summed E-state index contributed by atoms with van der Waals surface area (Å²) < 4.78 is 42.7. The highest BCUT2D eigenvalue weighted by Gasteiger charge is 2.30. The molecule has 1 fully saturated rings. The molecule has 0 unspecified atom stereocenters. The van der Waals surface area contributed by atoms with Gasteiger partial charge in [0.05, 0.1) is 5.56 Å². The summed E-state index contributed by atoms with van der Waals surface area (Å²) in [6.45, 7) is 1.08. The van der Waals surface area contributed by atoms with Crippen molar-refractivity contribution < 1.29 is 27.5 Å². The maximum absolute atomic E-state index is 12.5. The molecule has 1 amide bonds. The van der Waals surface area contributed by atoms with Crippen LogP contribution >= 0.6 is 0 Å². The molecule has 8 heteroatoms. The lowest BCUT2D eigenvalue weighted by atomic mass is 10.2. The molecular formula is C18H17F3N2O3. The Morgan fingerprint density at radius 2 is 1.77 bits per heavy atom. The first-order chi connectivity index (χ1) is 12.3. The molecule has 1 N–H and O–H groups in total. The van der Waals surface area contributed by atoms with Gasteiger partial charge in [-0.1, -0.05) is 0 Å². The van der Waals surface area contributed by atoms with Gasteiger partial charge in [-0.25, -0.2) is 0 Å². The van der Waals surface area contributed by atoms with E-state index in [0.29, 0.717) is 24.3 Å². The van der Waals surface area contributed by atoms with Gasteiger partial charge in [0.1, 0.15) is 11.4 Å². The number of nitrogens with zero attached hydrogens (tertiary/aromatic N) is 1. The van der Waals surface area contributed by atoms with Gasteiger partial charge >= 0.3 is 6.18 Å². The van der Waals surface area contributed by atoms with Crippen molar-refractivity contribution >= 4 is 11.7 Å². The molecule has 0 radical (unpaired) electrons. The number of alkyl halides is 3. The second kappa shape index (κ2) is 7.23. The van der Waals surface area contributed by atoms with Crippen molar-refractivity contribution in [1.82, 2.24) is 9.88 Å². The zero-order valence-corrected chi connectivity index (χ0v) is 13.8. The number of ketones is 1. The molecule has 2 aromatic rings. The van der Waals surface area contributed by atoms with E-state index in [9.17, 15) is 22.8 Å². The van der Waals surface area contributed by atoms with E-state index in [1.165, 1.54) is 12.3 Å². The van der Waals surface area contributed by atoms with Gasteiger partial charge in [-0.15, -0.1) is 0 Å². The van der Waals surface area contributed by atoms with Crippen molar-refractivity contribution in [2.75, 3.05) is 19.7 Å². The van der Waals surface area contributed by atoms with E-state index >= 15 is 0 Å². The number of aromatic amines is 1. The summed E-state index contributed by atoms with van der Waals surface area (Å²) in [5.41, 5.74) is -0.156. The van der Waals surface area contributed by atoms with Gasteiger partial charge in [0, 0.05) is 24.8 Å². The molecule has 1 saturated heterocycles. The lowest BCUT2D eigenvalue weighted by molar-refractivity contribution is -0.137. The molecule has 1 aliphatic heterocycles. The van der Waals surface area contributed by atoms with Crippen molar-refractivity contribution in [1.29, 1.82) is 0 Å². The first kappa shape index (κ1) is 18.0. The Morgan fingerprint density at radius 3 is 2.38 bits per heavy atom. The lowest BCUT2D eigenvalue weighted by Gasteiger charge is -2.13. The molecule has 0 bridgehead atoms. The topological polar surface area (TPSA) is 62.4 Å². The highest BCUT2D eigenvalue weighted by molar-refractivity contribution is 6.01. The van der Waals surface area contributed by atoms with Crippen LogP contribution in [0.1, 0.15) is 39.3 Å². The predicted octanol–water partition coefficient (Wildman–Crippen LogP) is 3.53.